The number of aromatic nitrogens is 2. The van der Waals surface area contributed by atoms with E-state index in [1.54, 1.807) is 10.9 Å². The Labute approximate surface area is 152 Å². The summed E-state index contributed by atoms with van der Waals surface area (Å²) in [4.78, 5) is 14.7. The number of amides is 1. The molecule has 1 aromatic carbocycles. The summed E-state index contributed by atoms with van der Waals surface area (Å²) in [6.07, 6.45) is 2.73. The summed E-state index contributed by atoms with van der Waals surface area (Å²) in [7, 11) is 0. The van der Waals surface area contributed by atoms with Gasteiger partial charge in [-0.25, -0.2) is 0 Å². The molecule has 0 aliphatic carbocycles. The van der Waals surface area contributed by atoms with Gasteiger partial charge in [0.1, 0.15) is 18.9 Å². The SMILES string of the molecule is O=C(Cn1ncc2c1-c1ccccc1OC2)NCCCN1CCOCC1. The summed E-state index contributed by atoms with van der Waals surface area (Å²) >= 11 is 0. The Morgan fingerprint density at radius 2 is 2.08 bits per heavy atom. The number of carbonyl (C=O) groups excluding carboxylic acids is 1. The summed E-state index contributed by atoms with van der Waals surface area (Å²) in [6.45, 7) is 5.97. The van der Waals surface area contributed by atoms with Crippen molar-refractivity contribution in [1.29, 1.82) is 0 Å². The molecule has 0 radical (unpaired) electrons. The first-order chi connectivity index (χ1) is 12.8. The molecule has 1 fully saturated rings. The topological polar surface area (TPSA) is 68.6 Å². The van der Waals surface area contributed by atoms with Crippen LogP contribution in [0.2, 0.25) is 0 Å². The third-order valence-corrected chi connectivity index (χ3v) is 4.81. The first-order valence-corrected chi connectivity index (χ1v) is 9.15. The van der Waals surface area contributed by atoms with Gasteiger partial charge in [-0.15, -0.1) is 0 Å². The van der Waals surface area contributed by atoms with Crippen LogP contribution in [-0.2, 0) is 22.7 Å². The molecule has 0 bridgehead atoms. The minimum absolute atomic E-state index is 0.0122. The van der Waals surface area contributed by atoms with Crippen LogP contribution in [0.5, 0.6) is 5.75 Å². The van der Waals surface area contributed by atoms with E-state index in [1.807, 2.05) is 24.3 Å². The molecule has 1 aromatic heterocycles. The molecule has 0 atom stereocenters. The summed E-state index contributed by atoms with van der Waals surface area (Å²) < 4.78 is 12.9. The fourth-order valence-electron chi connectivity index (χ4n) is 3.45. The van der Waals surface area contributed by atoms with Crippen molar-refractivity contribution < 1.29 is 14.3 Å². The first kappa shape index (κ1) is 17.1. The van der Waals surface area contributed by atoms with E-state index in [4.69, 9.17) is 9.47 Å². The van der Waals surface area contributed by atoms with Crippen LogP contribution in [0.3, 0.4) is 0 Å². The number of hydrogen-bond donors (Lipinski definition) is 1. The molecule has 4 rings (SSSR count). The number of fused-ring (bicyclic) bond motifs is 3. The van der Waals surface area contributed by atoms with E-state index in [9.17, 15) is 4.79 Å². The van der Waals surface area contributed by atoms with Crippen LogP contribution in [0, 0.1) is 0 Å². The van der Waals surface area contributed by atoms with Gasteiger partial charge in [-0.05, 0) is 25.1 Å². The molecule has 1 saturated heterocycles. The minimum Gasteiger partial charge on any atom is -0.488 e. The zero-order valence-electron chi connectivity index (χ0n) is 14.8. The molecule has 138 valence electrons. The Balaban J connectivity index is 1.31. The normalized spacial score (nSPS) is 16.5. The largest absolute Gasteiger partial charge is 0.488 e. The molecule has 1 amide bonds. The number of ether oxygens (including phenoxy) is 2. The fourth-order valence-corrected chi connectivity index (χ4v) is 3.45. The summed E-state index contributed by atoms with van der Waals surface area (Å²) in [6, 6.07) is 7.87. The third-order valence-electron chi connectivity index (χ3n) is 4.81. The van der Waals surface area contributed by atoms with Gasteiger partial charge in [-0.3, -0.25) is 14.4 Å². The Kier molecular flexibility index (Phi) is 5.17. The lowest BCUT2D eigenvalue weighted by molar-refractivity contribution is -0.121. The Morgan fingerprint density at radius 1 is 1.23 bits per heavy atom. The van der Waals surface area contributed by atoms with Crippen LogP contribution >= 0.6 is 0 Å². The average molecular weight is 356 g/mol. The molecule has 0 saturated carbocycles. The molecule has 3 heterocycles. The van der Waals surface area contributed by atoms with Crippen molar-refractivity contribution in [2.45, 2.75) is 19.6 Å². The van der Waals surface area contributed by atoms with Gasteiger partial charge in [0.15, 0.2) is 0 Å². The van der Waals surface area contributed by atoms with Crippen molar-refractivity contribution in [3.05, 3.63) is 36.0 Å². The highest BCUT2D eigenvalue weighted by Crippen LogP contribution is 2.36. The summed E-state index contributed by atoms with van der Waals surface area (Å²) in [5, 5.41) is 7.39. The molecule has 2 aliphatic rings. The Bertz CT molecular complexity index is 768. The van der Waals surface area contributed by atoms with Gasteiger partial charge in [-0.2, -0.15) is 5.10 Å². The fraction of sp³-hybridized carbons (Fsp3) is 0.474. The lowest BCUT2D eigenvalue weighted by Crippen LogP contribution is -2.38. The van der Waals surface area contributed by atoms with Gasteiger partial charge in [-0.1, -0.05) is 12.1 Å². The van der Waals surface area contributed by atoms with Gasteiger partial charge in [0.25, 0.3) is 0 Å². The van der Waals surface area contributed by atoms with Crippen molar-refractivity contribution >= 4 is 5.91 Å². The van der Waals surface area contributed by atoms with Gasteiger partial charge < -0.3 is 14.8 Å². The molecular weight excluding hydrogens is 332 g/mol. The number of rotatable bonds is 6. The maximum Gasteiger partial charge on any atom is 0.241 e. The maximum atomic E-state index is 12.3. The van der Waals surface area contributed by atoms with Crippen molar-refractivity contribution in [1.82, 2.24) is 20.0 Å². The van der Waals surface area contributed by atoms with Crippen LogP contribution in [0.25, 0.3) is 11.3 Å². The van der Waals surface area contributed by atoms with E-state index in [0.29, 0.717) is 13.2 Å². The second-order valence-electron chi connectivity index (χ2n) is 6.62. The minimum atomic E-state index is -0.0122. The van der Waals surface area contributed by atoms with Crippen LogP contribution in [-0.4, -0.2) is 60.0 Å². The number of nitrogens with zero attached hydrogens (tertiary/aromatic N) is 3. The Hall–Kier alpha value is -2.38. The highest BCUT2D eigenvalue weighted by molar-refractivity contribution is 5.78. The Morgan fingerprint density at radius 3 is 2.96 bits per heavy atom. The number of para-hydroxylation sites is 1. The highest BCUT2D eigenvalue weighted by atomic mass is 16.5. The number of morpholine rings is 1. The molecule has 1 N–H and O–H groups in total. The molecule has 2 aromatic rings. The quantitative estimate of drug-likeness (QED) is 0.790. The van der Waals surface area contributed by atoms with Crippen LogP contribution in [0.4, 0.5) is 0 Å². The van der Waals surface area contributed by atoms with E-state index in [-0.39, 0.29) is 12.5 Å². The van der Waals surface area contributed by atoms with Crippen LogP contribution < -0.4 is 10.1 Å². The van der Waals surface area contributed by atoms with Crippen LogP contribution in [0.15, 0.2) is 30.5 Å². The predicted molar refractivity (Wildman–Crippen MR) is 96.9 cm³/mol. The van der Waals surface area contributed by atoms with Gasteiger partial charge in [0.2, 0.25) is 5.91 Å². The van der Waals surface area contributed by atoms with Crippen molar-refractivity contribution in [2.75, 3.05) is 39.4 Å². The smallest absolute Gasteiger partial charge is 0.241 e. The van der Waals surface area contributed by atoms with Crippen LogP contribution in [0.1, 0.15) is 12.0 Å². The van der Waals surface area contributed by atoms with Gasteiger partial charge in [0, 0.05) is 30.8 Å². The molecule has 2 aliphatic heterocycles. The molecule has 7 heteroatoms. The molecule has 0 spiro atoms. The monoisotopic (exact) mass is 356 g/mol. The van der Waals surface area contributed by atoms with E-state index in [0.717, 1.165) is 61.8 Å². The highest BCUT2D eigenvalue weighted by Gasteiger charge is 2.22. The second-order valence-corrected chi connectivity index (χ2v) is 6.62. The average Bonchev–Trinajstić information content (AvgIpc) is 3.09. The molecule has 0 unspecified atom stereocenters. The van der Waals surface area contributed by atoms with Gasteiger partial charge >= 0.3 is 0 Å². The number of nitrogens with one attached hydrogen (secondary N) is 1. The summed E-state index contributed by atoms with van der Waals surface area (Å²) in [5.41, 5.74) is 2.99. The maximum absolute atomic E-state index is 12.3. The predicted octanol–water partition coefficient (Wildman–Crippen LogP) is 1.28. The lowest BCUT2D eigenvalue weighted by atomic mass is 10.0. The molecule has 26 heavy (non-hydrogen) atoms. The number of hydrogen-bond acceptors (Lipinski definition) is 5. The van der Waals surface area contributed by atoms with Gasteiger partial charge in [0.05, 0.1) is 25.1 Å². The second kappa shape index (κ2) is 7.88. The number of carbonyl (C=O) groups is 1. The standard InChI is InChI=1S/C19H24N4O3/c24-18(20-6-3-7-22-8-10-25-11-9-22)13-23-19-15(12-21-23)14-26-17-5-2-1-4-16(17)19/h1-2,4-5,12H,3,6-11,13-14H2,(H,20,24). The van der Waals surface area contributed by atoms with Crippen molar-refractivity contribution in [3.8, 4) is 17.0 Å². The van der Waals surface area contributed by atoms with Crippen molar-refractivity contribution in [3.63, 3.8) is 0 Å². The van der Waals surface area contributed by atoms with Crippen molar-refractivity contribution in [2.24, 2.45) is 0 Å². The third kappa shape index (κ3) is 3.73. The molecule has 7 nitrogen and oxygen atoms in total. The molecular formula is C19H24N4O3. The van der Waals surface area contributed by atoms with E-state index < -0.39 is 0 Å². The van der Waals surface area contributed by atoms with E-state index >= 15 is 0 Å². The first-order valence-electron chi connectivity index (χ1n) is 9.15. The zero-order chi connectivity index (χ0) is 17.8. The number of benzene rings is 1. The van der Waals surface area contributed by atoms with E-state index in [2.05, 4.69) is 15.3 Å². The summed E-state index contributed by atoms with van der Waals surface area (Å²) in [5.74, 6) is 0.828. The van der Waals surface area contributed by atoms with E-state index in [1.165, 1.54) is 0 Å². The zero-order valence-corrected chi connectivity index (χ0v) is 14.8. The lowest BCUT2D eigenvalue weighted by Gasteiger charge is -2.26.